The van der Waals surface area contributed by atoms with Crippen LogP contribution in [-0.2, 0) is 11.2 Å². The maximum Gasteiger partial charge on any atom is 0.0726 e. The van der Waals surface area contributed by atoms with Crippen LogP contribution in [0.5, 0.6) is 0 Å². The Bertz CT molecular complexity index is 450. The van der Waals surface area contributed by atoms with Gasteiger partial charge in [-0.1, -0.05) is 0 Å². The van der Waals surface area contributed by atoms with Gasteiger partial charge in [-0.15, -0.1) is 0 Å². The molecule has 1 fully saturated rings. The molecule has 2 heterocycles. The second-order valence-corrected chi connectivity index (χ2v) is 6.09. The Morgan fingerprint density at radius 3 is 2.63 bits per heavy atom. The van der Waals surface area contributed by atoms with Crippen LogP contribution in [0.25, 0.3) is 0 Å². The highest BCUT2D eigenvalue weighted by molar-refractivity contribution is 5.62. The van der Waals surface area contributed by atoms with Crippen molar-refractivity contribution in [2.24, 2.45) is 0 Å². The average molecular weight is 260 g/mol. The number of fused-ring (bicyclic) bond motifs is 1. The Kier molecular flexibility index (Phi) is 3.40. The van der Waals surface area contributed by atoms with Crippen molar-refractivity contribution in [2.75, 3.05) is 23.3 Å². The second-order valence-electron chi connectivity index (χ2n) is 6.09. The molecular formula is C16H24N2O. The van der Waals surface area contributed by atoms with Crippen LogP contribution in [0.1, 0.15) is 32.8 Å². The number of morpholine rings is 1. The van der Waals surface area contributed by atoms with Gasteiger partial charge in [-0.05, 0) is 57.4 Å². The number of nitrogens with one attached hydrogen (secondary N) is 1. The summed E-state index contributed by atoms with van der Waals surface area (Å²) in [5.41, 5.74) is 4.12. The molecule has 19 heavy (non-hydrogen) atoms. The fourth-order valence-electron chi connectivity index (χ4n) is 3.22. The minimum atomic E-state index is 0.318. The Balaban J connectivity index is 1.82. The van der Waals surface area contributed by atoms with Gasteiger partial charge < -0.3 is 15.0 Å². The first-order chi connectivity index (χ1) is 9.11. The van der Waals surface area contributed by atoms with E-state index in [-0.39, 0.29) is 0 Å². The maximum atomic E-state index is 5.81. The van der Waals surface area contributed by atoms with Crippen molar-refractivity contribution < 1.29 is 4.74 Å². The van der Waals surface area contributed by atoms with E-state index >= 15 is 0 Å². The van der Waals surface area contributed by atoms with Gasteiger partial charge in [-0.3, -0.25) is 0 Å². The fraction of sp³-hybridized carbons (Fsp3) is 0.625. The van der Waals surface area contributed by atoms with Crippen molar-refractivity contribution >= 4 is 11.4 Å². The van der Waals surface area contributed by atoms with Crippen LogP contribution in [0, 0.1) is 0 Å². The largest absolute Gasteiger partial charge is 0.382 e. The molecule has 0 bridgehead atoms. The Labute approximate surface area is 115 Å². The normalized spacial score (nSPS) is 30.7. The predicted molar refractivity (Wildman–Crippen MR) is 80.1 cm³/mol. The molecule has 1 unspecified atom stereocenters. The van der Waals surface area contributed by atoms with E-state index in [0.29, 0.717) is 18.2 Å². The molecule has 0 radical (unpaired) electrons. The van der Waals surface area contributed by atoms with E-state index in [9.17, 15) is 0 Å². The zero-order valence-corrected chi connectivity index (χ0v) is 12.1. The van der Waals surface area contributed by atoms with Crippen LogP contribution >= 0.6 is 0 Å². The van der Waals surface area contributed by atoms with Gasteiger partial charge in [-0.25, -0.2) is 0 Å². The molecule has 3 heteroatoms. The van der Waals surface area contributed by atoms with Crippen molar-refractivity contribution in [1.29, 1.82) is 0 Å². The number of rotatable bonds is 1. The van der Waals surface area contributed by atoms with E-state index in [4.69, 9.17) is 4.74 Å². The molecular weight excluding hydrogens is 236 g/mol. The topological polar surface area (TPSA) is 24.5 Å². The van der Waals surface area contributed by atoms with Crippen LogP contribution < -0.4 is 10.2 Å². The molecule has 3 rings (SSSR count). The second kappa shape index (κ2) is 5.04. The number of hydrogen-bond donors (Lipinski definition) is 1. The molecule has 1 aromatic carbocycles. The van der Waals surface area contributed by atoms with E-state index in [2.05, 4.69) is 49.2 Å². The first-order valence-corrected chi connectivity index (χ1v) is 7.41. The molecule has 2 aliphatic heterocycles. The number of aryl methyl sites for hydroxylation is 1. The smallest absolute Gasteiger partial charge is 0.0726 e. The summed E-state index contributed by atoms with van der Waals surface area (Å²) in [6.07, 6.45) is 3.05. The van der Waals surface area contributed by atoms with Gasteiger partial charge in [0, 0.05) is 30.5 Å². The third-order valence-corrected chi connectivity index (χ3v) is 4.12. The molecule has 0 spiro atoms. The molecule has 0 aromatic heterocycles. The molecule has 3 nitrogen and oxygen atoms in total. The zero-order valence-electron chi connectivity index (χ0n) is 12.1. The number of hydrogen-bond acceptors (Lipinski definition) is 3. The summed E-state index contributed by atoms with van der Waals surface area (Å²) in [5, 5.41) is 3.56. The van der Waals surface area contributed by atoms with Gasteiger partial charge in [-0.2, -0.15) is 0 Å². The lowest BCUT2D eigenvalue weighted by Crippen LogP contribution is -2.45. The maximum absolute atomic E-state index is 5.81. The third-order valence-electron chi connectivity index (χ3n) is 4.12. The lowest BCUT2D eigenvalue weighted by molar-refractivity contribution is -0.00521. The molecule has 3 atom stereocenters. The van der Waals surface area contributed by atoms with E-state index < -0.39 is 0 Å². The monoisotopic (exact) mass is 260 g/mol. The van der Waals surface area contributed by atoms with Crippen LogP contribution in [0.4, 0.5) is 11.4 Å². The van der Waals surface area contributed by atoms with Crippen molar-refractivity contribution in [1.82, 2.24) is 0 Å². The summed E-state index contributed by atoms with van der Waals surface area (Å²) in [4.78, 5) is 2.46. The zero-order chi connectivity index (χ0) is 13.4. The van der Waals surface area contributed by atoms with Gasteiger partial charge in [0.25, 0.3) is 0 Å². The van der Waals surface area contributed by atoms with Crippen molar-refractivity contribution in [2.45, 2.75) is 51.9 Å². The number of benzene rings is 1. The molecule has 104 valence electrons. The van der Waals surface area contributed by atoms with Gasteiger partial charge in [0.15, 0.2) is 0 Å². The summed E-state index contributed by atoms with van der Waals surface area (Å²) in [5.74, 6) is 0. The summed E-state index contributed by atoms with van der Waals surface area (Å²) in [7, 11) is 0. The lowest BCUT2D eigenvalue weighted by atomic mass is 9.98. The van der Waals surface area contributed by atoms with Gasteiger partial charge in [0.05, 0.1) is 12.2 Å². The van der Waals surface area contributed by atoms with E-state index in [1.807, 2.05) is 0 Å². The van der Waals surface area contributed by atoms with Gasteiger partial charge in [0.1, 0.15) is 0 Å². The van der Waals surface area contributed by atoms with Crippen molar-refractivity contribution in [3.8, 4) is 0 Å². The van der Waals surface area contributed by atoms with E-state index in [0.717, 1.165) is 13.1 Å². The standard InChI is InChI=1S/C16H24N2O/c1-11-4-5-14-8-15(6-7-16(14)17-11)18-9-12(2)19-13(3)10-18/h6-8,11-13,17H,4-5,9-10H2,1-3H3/t11?,12-,13+. The van der Waals surface area contributed by atoms with Crippen molar-refractivity contribution in [3.05, 3.63) is 23.8 Å². The first kappa shape index (κ1) is 12.8. The Morgan fingerprint density at radius 1 is 1.16 bits per heavy atom. The van der Waals surface area contributed by atoms with Crippen LogP contribution in [0.2, 0.25) is 0 Å². The number of nitrogens with zero attached hydrogens (tertiary/aromatic N) is 1. The van der Waals surface area contributed by atoms with Gasteiger partial charge >= 0.3 is 0 Å². The van der Waals surface area contributed by atoms with Crippen molar-refractivity contribution in [3.63, 3.8) is 0 Å². The highest BCUT2D eigenvalue weighted by Crippen LogP contribution is 2.30. The molecule has 1 saturated heterocycles. The van der Waals surface area contributed by atoms with E-state index in [1.165, 1.54) is 29.8 Å². The quantitative estimate of drug-likeness (QED) is 0.840. The number of anilines is 2. The fourth-order valence-corrected chi connectivity index (χ4v) is 3.22. The first-order valence-electron chi connectivity index (χ1n) is 7.41. The van der Waals surface area contributed by atoms with Gasteiger partial charge in [0.2, 0.25) is 0 Å². The minimum Gasteiger partial charge on any atom is -0.382 e. The highest BCUT2D eigenvalue weighted by atomic mass is 16.5. The molecule has 1 N–H and O–H groups in total. The molecule has 0 saturated carbocycles. The summed E-state index contributed by atoms with van der Waals surface area (Å²) >= 11 is 0. The molecule has 0 aliphatic carbocycles. The average Bonchev–Trinajstić information content (AvgIpc) is 2.37. The summed E-state index contributed by atoms with van der Waals surface area (Å²) in [6, 6.07) is 7.44. The highest BCUT2D eigenvalue weighted by Gasteiger charge is 2.23. The molecule has 1 aromatic rings. The SMILES string of the molecule is CC1CCc2cc(N3C[C@@H](C)O[C@@H](C)C3)ccc2N1. The summed E-state index contributed by atoms with van der Waals surface area (Å²) in [6.45, 7) is 8.55. The Hall–Kier alpha value is -1.22. The Morgan fingerprint density at radius 2 is 1.89 bits per heavy atom. The summed E-state index contributed by atoms with van der Waals surface area (Å²) < 4.78 is 5.81. The third kappa shape index (κ3) is 2.71. The van der Waals surface area contributed by atoms with Crippen LogP contribution in [0.3, 0.4) is 0 Å². The molecule has 0 amide bonds. The van der Waals surface area contributed by atoms with Crippen LogP contribution in [-0.4, -0.2) is 31.3 Å². The number of ether oxygens (including phenoxy) is 1. The van der Waals surface area contributed by atoms with E-state index in [1.54, 1.807) is 0 Å². The minimum absolute atomic E-state index is 0.318. The van der Waals surface area contributed by atoms with Crippen LogP contribution in [0.15, 0.2) is 18.2 Å². The predicted octanol–water partition coefficient (Wildman–Crippen LogP) is 3.05. The molecule has 2 aliphatic rings. The lowest BCUT2D eigenvalue weighted by Gasteiger charge is -2.37.